The number of fused-ring (bicyclic) bond motifs is 1. The van der Waals surface area contributed by atoms with Crippen molar-refractivity contribution in [2.24, 2.45) is 5.10 Å². The van der Waals surface area contributed by atoms with Crippen molar-refractivity contribution in [3.63, 3.8) is 0 Å². The van der Waals surface area contributed by atoms with Gasteiger partial charge in [0.05, 0.1) is 6.21 Å². The average Bonchev–Trinajstić information content (AvgIpc) is 2.61. The molecule has 3 aromatic rings. The Labute approximate surface area is 144 Å². The Morgan fingerprint density at radius 1 is 1.04 bits per heavy atom. The highest BCUT2D eigenvalue weighted by molar-refractivity contribution is 6.33. The van der Waals surface area contributed by atoms with Crippen LogP contribution in [0.3, 0.4) is 0 Å². The van der Waals surface area contributed by atoms with Gasteiger partial charge in [0, 0.05) is 10.6 Å². The van der Waals surface area contributed by atoms with E-state index in [1.165, 1.54) is 6.21 Å². The molecule has 3 aromatic carbocycles. The lowest BCUT2D eigenvalue weighted by Crippen LogP contribution is -2.24. The maximum absolute atomic E-state index is 11.8. The minimum Gasteiger partial charge on any atom is -0.484 e. The summed E-state index contributed by atoms with van der Waals surface area (Å²) >= 11 is 6.00. The number of hydrogen-bond acceptors (Lipinski definition) is 3. The zero-order chi connectivity index (χ0) is 16.8. The third-order valence-electron chi connectivity index (χ3n) is 3.39. The maximum Gasteiger partial charge on any atom is 0.277 e. The summed E-state index contributed by atoms with van der Waals surface area (Å²) in [6, 6.07) is 20.9. The van der Waals surface area contributed by atoms with Crippen LogP contribution in [0.25, 0.3) is 10.8 Å². The Bertz CT molecular complexity index is 893. The van der Waals surface area contributed by atoms with Crippen LogP contribution in [0.15, 0.2) is 71.8 Å². The molecule has 3 rings (SSSR count). The van der Waals surface area contributed by atoms with Gasteiger partial charge in [-0.1, -0.05) is 60.1 Å². The number of nitrogens with one attached hydrogen (secondary N) is 1. The molecule has 0 spiro atoms. The number of hydrogen-bond donors (Lipinski definition) is 1. The fourth-order valence-corrected chi connectivity index (χ4v) is 2.38. The largest absolute Gasteiger partial charge is 0.484 e. The van der Waals surface area contributed by atoms with Gasteiger partial charge in [0.1, 0.15) is 5.75 Å². The van der Waals surface area contributed by atoms with Crippen molar-refractivity contribution >= 4 is 34.5 Å². The fourth-order valence-electron chi connectivity index (χ4n) is 2.19. The van der Waals surface area contributed by atoms with E-state index in [-0.39, 0.29) is 12.5 Å². The molecule has 0 aliphatic heterocycles. The summed E-state index contributed by atoms with van der Waals surface area (Å²) in [6.45, 7) is -0.113. The first-order valence-corrected chi connectivity index (χ1v) is 7.78. The molecular weight excluding hydrogens is 324 g/mol. The molecule has 5 heteroatoms. The van der Waals surface area contributed by atoms with Gasteiger partial charge >= 0.3 is 0 Å². The quantitative estimate of drug-likeness (QED) is 0.564. The van der Waals surface area contributed by atoms with Crippen molar-refractivity contribution in [2.75, 3.05) is 6.61 Å². The van der Waals surface area contributed by atoms with Gasteiger partial charge in [-0.2, -0.15) is 5.10 Å². The lowest BCUT2D eigenvalue weighted by molar-refractivity contribution is -0.123. The number of halogens is 1. The third kappa shape index (κ3) is 4.12. The van der Waals surface area contributed by atoms with Crippen LogP contribution in [-0.2, 0) is 4.79 Å². The Balaban J connectivity index is 1.54. The number of nitrogens with zero attached hydrogens (tertiary/aromatic N) is 1. The van der Waals surface area contributed by atoms with E-state index < -0.39 is 0 Å². The van der Waals surface area contributed by atoms with E-state index in [2.05, 4.69) is 10.5 Å². The molecule has 0 bridgehead atoms. The predicted molar refractivity (Wildman–Crippen MR) is 96.6 cm³/mol. The highest BCUT2D eigenvalue weighted by Gasteiger charge is 2.02. The van der Waals surface area contributed by atoms with E-state index in [1.54, 1.807) is 6.07 Å². The molecular formula is C19H15ClN2O2. The Morgan fingerprint density at radius 2 is 1.79 bits per heavy atom. The van der Waals surface area contributed by atoms with E-state index in [0.29, 0.717) is 10.8 Å². The molecule has 4 nitrogen and oxygen atoms in total. The van der Waals surface area contributed by atoms with Crippen molar-refractivity contribution < 1.29 is 9.53 Å². The van der Waals surface area contributed by atoms with Crippen molar-refractivity contribution in [1.82, 2.24) is 5.43 Å². The van der Waals surface area contributed by atoms with Gasteiger partial charge in [0.15, 0.2) is 6.61 Å². The minimum atomic E-state index is -0.341. The van der Waals surface area contributed by atoms with Gasteiger partial charge < -0.3 is 4.74 Å². The molecule has 120 valence electrons. The first-order chi connectivity index (χ1) is 11.7. The molecule has 1 amide bonds. The number of hydrazone groups is 1. The highest BCUT2D eigenvalue weighted by Crippen LogP contribution is 2.20. The van der Waals surface area contributed by atoms with Crippen LogP contribution in [0, 0.1) is 0 Å². The lowest BCUT2D eigenvalue weighted by atomic mass is 10.1. The van der Waals surface area contributed by atoms with E-state index in [1.807, 2.05) is 60.7 Å². The summed E-state index contributed by atoms with van der Waals surface area (Å²) in [7, 11) is 0. The van der Waals surface area contributed by atoms with Crippen molar-refractivity contribution in [3.05, 3.63) is 77.3 Å². The Hall–Kier alpha value is -2.85. The summed E-state index contributed by atoms with van der Waals surface area (Å²) in [4.78, 5) is 11.8. The summed E-state index contributed by atoms with van der Waals surface area (Å²) in [5, 5.41) is 6.63. The van der Waals surface area contributed by atoms with E-state index in [4.69, 9.17) is 16.3 Å². The fraction of sp³-hybridized carbons (Fsp3) is 0.0526. The molecule has 0 saturated carbocycles. The van der Waals surface area contributed by atoms with Crippen molar-refractivity contribution in [1.29, 1.82) is 0 Å². The molecule has 0 saturated heterocycles. The standard InChI is InChI=1S/C19H15ClN2O2/c20-18-8-4-3-7-16(18)12-21-22-19(23)13-24-17-10-9-14-5-1-2-6-15(14)11-17/h1-12H,13H2,(H,22,23)/b21-12-. The topological polar surface area (TPSA) is 50.7 Å². The second-order valence-corrected chi connectivity index (χ2v) is 5.52. The first-order valence-electron chi connectivity index (χ1n) is 7.40. The average molecular weight is 339 g/mol. The predicted octanol–water partition coefficient (Wildman–Crippen LogP) is 4.02. The molecule has 0 aliphatic rings. The van der Waals surface area contributed by atoms with Gasteiger partial charge in [-0.3, -0.25) is 4.79 Å². The third-order valence-corrected chi connectivity index (χ3v) is 3.73. The summed E-state index contributed by atoms with van der Waals surface area (Å²) in [6.07, 6.45) is 1.50. The van der Waals surface area contributed by atoms with Gasteiger partial charge in [0.25, 0.3) is 5.91 Å². The van der Waals surface area contributed by atoms with Crippen molar-refractivity contribution in [3.8, 4) is 5.75 Å². The van der Waals surface area contributed by atoms with Gasteiger partial charge in [0.2, 0.25) is 0 Å². The van der Waals surface area contributed by atoms with Gasteiger partial charge in [-0.25, -0.2) is 5.43 Å². The van der Waals surface area contributed by atoms with Crippen LogP contribution in [-0.4, -0.2) is 18.7 Å². The number of carbonyl (C=O) groups is 1. The maximum atomic E-state index is 11.8. The Kier molecular flexibility index (Phi) is 5.08. The SMILES string of the molecule is O=C(COc1ccc2ccccc2c1)N/N=C\c1ccccc1Cl. The molecule has 0 unspecified atom stereocenters. The summed E-state index contributed by atoms with van der Waals surface area (Å²) in [5.41, 5.74) is 3.14. The van der Waals surface area contributed by atoms with Crippen LogP contribution in [0.2, 0.25) is 5.02 Å². The summed E-state index contributed by atoms with van der Waals surface area (Å²) in [5.74, 6) is 0.297. The molecule has 0 aromatic heterocycles. The van der Waals surface area contributed by atoms with Crippen LogP contribution in [0.1, 0.15) is 5.56 Å². The smallest absolute Gasteiger partial charge is 0.277 e. The van der Waals surface area contributed by atoms with Crippen molar-refractivity contribution in [2.45, 2.75) is 0 Å². The highest BCUT2D eigenvalue weighted by atomic mass is 35.5. The number of amides is 1. The van der Waals surface area contributed by atoms with Gasteiger partial charge in [-0.15, -0.1) is 0 Å². The zero-order valence-corrected chi connectivity index (χ0v) is 13.5. The monoisotopic (exact) mass is 338 g/mol. The molecule has 0 fully saturated rings. The van der Waals surface area contributed by atoms with Crippen LogP contribution in [0.5, 0.6) is 5.75 Å². The molecule has 0 aliphatic carbocycles. The summed E-state index contributed by atoms with van der Waals surface area (Å²) < 4.78 is 5.49. The van der Waals surface area contributed by atoms with Crippen LogP contribution >= 0.6 is 11.6 Å². The van der Waals surface area contributed by atoms with E-state index in [9.17, 15) is 4.79 Å². The number of rotatable bonds is 5. The second-order valence-electron chi connectivity index (χ2n) is 5.11. The lowest BCUT2D eigenvalue weighted by Gasteiger charge is -2.06. The number of carbonyl (C=O) groups excluding carboxylic acids is 1. The molecule has 0 heterocycles. The van der Waals surface area contributed by atoms with Crippen LogP contribution in [0.4, 0.5) is 0 Å². The Morgan fingerprint density at radius 3 is 2.62 bits per heavy atom. The van der Waals surface area contributed by atoms with Crippen LogP contribution < -0.4 is 10.2 Å². The number of ether oxygens (including phenoxy) is 1. The second kappa shape index (κ2) is 7.62. The molecule has 24 heavy (non-hydrogen) atoms. The zero-order valence-electron chi connectivity index (χ0n) is 12.8. The molecule has 0 radical (unpaired) electrons. The first kappa shape index (κ1) is 16.0. The van der Waals surface area contributed by atoms with E-state index in [0.717, 1.165) is 16.3 Å². The molecule has 0 atom stereocenters. The minimum absolute atomic E-state index is 0.113. The normalized spacial score (nSPS) is 10.9. The van der Waals surface area contributed by atoms with E-state index >= 15 is 0 Å². The number of benzene rings is 3. The molecule has 1 N–H and O–H groups in total. The van der Waals surface area contributed by atoms with Gasteiger partial charge in [-0.05, 0) is 29.0 Å².